The van der Waals surface area contributed by atoms with Gasteiger partial charge in [-0.25, -0.2) is 13.1 Å². The normalized spacial score (nSPS) is 22.0. The van der Waals surface area contributed by atoms with Gasteiger partial charge >= 0.3 is 0 Å². The number of methoxy groups -OCH3 is 1. The minimum Gasteiger partial charge on any atom is -0.497 e. The third-order valence-corrected chi connectivity index (χ3v) is 5.39. The summed E-state index contributed by atoms with van der Waals surface area (Å²) >= 11 is 0. The molecule has 2 unspecified atom stereocenters. The molecule has 1 aliphatic heterocycles. The number of carbonyl (C=O) groups excluding carboxylic acids is 1. The van der Waals surface area contributed by atoms with E-state index in [9.17, 15) is 13.2 Å². The summed E-state index contributed by atoms with van der Waals surface area (Å²) < 4.78 is 32.0. The highest BCUT2D eigenvalue weighted by molar-refractivity contribution is 7.89. The van der Waals surface area contributed by atoms with E-state index in [1.165, 1.54) is 19.2 Å². The second-order valence-corrected chi connectivity index (χ2v) is 8.02. The Hall–Kier alpha value is -1.60. The summed E-state index contributed by atoms with van der Waals surface area (Å²) in [4.78, 5) is 14.1. The van der Waals surface area contributed by atoms with Crippen LogP contribution in [-0.4, -0.2) is 46.0 Å². The van der Waals surface area contributed by atoms with E-state index < -0.39 is 10.0 Å². The van der Waals surface area contributed by atoms with E-state index in [1.807, 2.05) is 0 Å². The fourth-order valence-electron chi connectivity index (χ4n) is 2.99. The predicted molar refractivity (Wildman–Crippen MR) is 87.7 cm³/mol. The minimum absolute atomic E-state index is 0.0880. The first-order valence-corrected chi connectivity index (χ1v) is 9.21. The molecule has 0 radical (unpaired) electrons. The van der Waals surface area contributed by atoms with Gasteiger partial charge in [0.2, 0.25) is 15.9 Å². The fraction of sp³-hybridized carbons (Fsp3) is 0.562. The van der Waals surface area contributed by atoms with Crippen molar-refractivity contribution >= 4 is 15.9 Å². The van der Waals surface area contributed by atoms with Gasteiger partial charge in [0.05, 0.1) is 18.6 Å². The quantitative estimate of drug-likeness (QED) is 0.881. The molecule has 0 spiro atoms. The van der Waals surface area contributed by atoms with Crippen molar-refractivity contribution in [2.24, 2.45) is 11.8 Å². The maximum absolute atomic E-state index is 12.3. The summed E-state index contributed by atoms with van der Waals surface area (Å²) in [5, 5.41) is 0. The van der Waals surface area contributed by atoms with Crippen molar-refractivity contribution in [3.05, 3.63) is 24.3 Å². The average molecular weight is 340 g/mol. The molecule has 1 N–H and O–H groups in total. The number of nitrogens with one attached hydrogen (secondary N) is 1. The van der Waals surface area contributed by atoms with E-state index in [0.717, 1.165) is 6.42 Å². The molecule has 1 aromatic carbocycles. The molecule has 2 atom stereocenters. The van der Waals surface area contributed by atoms with Crippen LogP contribution in [-0.2, 0) is 14.8 Å². The molecule has 0 aromatic heterocycles. The largest absolute Gasteiger partial charge is 0.497 e. The molecule has 6 nitrogen and oxygen atoms in total. The zero-order valence-corrected chi connectivity index (χ0v) is 14.6. The van der Waals surface area contributed by atoms with E-state index in [1.54, 1.807) is 17.0 Å². The third kappa shape index (κ3) is 4.68. The van der Waals surface area contributed by atoms with Crippen molar-refractivity contribution in [2.45, 2.75) is 25.2 Å². The van der Waals surface area contributed by atoms with Gasteiger partial charge in [-0.1, -0.05) is 19.9 Å². The van der Waals surface area contributed by atoms with E-state index in [0.29, 0.717) is 30.7 Å². The second kappa shape index (κ2) is 7.31. The van der Waals surface area contributed by atoms with Crippen LogP contribution in [0.4, 0.5) is 0 Å². The highest BCUT2D eigenvalue weighted by Gasteiger charge is 2.26. The summed E-state index contributed by atoms with van der Waals surface area (Å²) in [6.07, 6.45) is 1.10. The van der Waals surface area contributed by atoms with E-state index in [-0.39, 0.29) is 17.3 Å². The Morgan fingerprint density at radius 3 is 2.57 bits per heavy atom. The van der Waals surface area contributed by atoms with Gasteiger partial charge in [-0.05, 0) is 30.4 Å². The first-order valence-electron chi connectivity index (χ1n) is 7.73. The van der Waals surface area contributed by atoms with Crippen molar-refractivity contribution in [3.63, 3.8) is 0 Å². The van der Waals surface area contributed by atoms with Crippen molar-refractivity contribution in [3.8, 4) is 5.75 Å². The molecule has 128 valence electrons. The van der Waals surface area contributed by atoms with Crippen LogP contribution >= 0.6 is 0 Å². The maximum atomic E-state index is 12.3. The Morgan fingerprint density at radius 2 is 1.96 bits per heavy atom. The Labute approximate surface area is 137 Å². The van der Waals surface area contributed by atoms with Gasteiger partial charge in [0.1, 0.15) is 5.75 Å². The molecule has 7 heteroatoms. The minimum atomic E-state index is -3.73. The number of likely N-dealkylation sites (tertiary alicyclic amines) is 1. The molecule has 1 amide bonds. The van der Waals surface area contributed by atoms with E-state index >= 15 is 0 Å². The standard InChI is InChI=1S/C16H24N2O4S/c1-12-7-13(2)11-18(10-12)16(19)9-17-23(20,21)15-6-4-5-14(8-15)22-3/h4-6,8,12-13,17H,7,9-11H2,1-3H3. The number of sulfonamides is 1. The van der Waals surface area contributed by atoms with Crippen LogP contribution < -0.4 is 9.46 Å². The van der Waals surface area contributed by atoms with Crippen LogP contribution in [0.5, 0.6) is 5.75 Å². The van der Waals surface area contributed by atoms with Gasteiger partial charge in [-0.2, -0.15) is 0 Å². The van der Waals surface area contributed by atoms with Crippen LogP contribution in [0.3, 0.4) is 0 Å². The molecular weight excluding hydrogens is 316 g/mol. The molecule has 0 bridgehead atoms. The second-order valence-electron chi connectivity index (χ2n) is 6.25. The van der Waals surface area contributed by atoms with Crippen LogP contribution in [0.2, 0.25) is 0 Å². The summed E-state index contributed by atoms with van der Waals surface area (Å²) in [5.74, 6) is 1.16. The number of hydrogen-bond donors (Lipinski definition) is 1. The highest BCUT2D eigenvalue weighted by atomic mass is 32.2. The lowest BCUT2D eigenvalue weighted by Gasteiger charge is -2.35. The number of piperidine rings is 1. The number of benzene rings is 1. The van der Waals surface area contributed by atoms with E-state index in [4.69, 9.17) is 4.74 Å². The van der Waals surface area contributed by atoms with Crippen molar-refractivity contribution in [2.75, 3.05) is 26.7 Å². The lowest BCUT2D eigenvalue weighted by molar-refractivity contribution is -0.132. The van der Waals surface area contributed by atoms with Crippen molar-refractivity contribution in [1.82, 2.24) is 9.62 Å². The number of rotatable bonds is 5. The smallest absolute Gasteiger partial charge is 0.241 e. The van der Waals surface area contributed by atoms with E-state index in [2.05, 4.69) is 18.6 Å². The summed E-state index contributed by atoms with van der Waals surface area (Å²) in [6, 6.07) is 6.17. The summed E-state index contributed by atoms with van der Waals surface area (Å²) in [7, 11) is -2.26. The summed E-state index contributed by atoms with van der Waals surface area (Å²) in [5.41, 5.74) is 0. The van der Waals surface area contributed by atoms with Gasteiger partial charge in [-0.15, -0.1) is 0 Å². The molecule has 1 heterocycles. The Kier molecular flexibility index (Phi) is 5.64. The van der Waals surface area contributed by atoms with Gasteiger partial charge in [0, 0.05) is 19.2 Å². The number of nitrogens with zero attached hydrogens (tertiary/aromatic N) is 1. The molecule has 2 rings (SSSR count). The number of ether oxygens (including phenoxy) is 1. The van der Waals surface area contributed by atoms with Gasteiger partial charge in [-0.3, -0.25) is 4.79 Å². The first kappa shape index (κ1) is 17.7. The molecule has 23 heavy (non-hydrogen) atoms. The van der Waals surface area contributed by atoms with Gasteiger partial charge in [0.15, 0.2) is 0 Å². The zero-order valence-electron chi connectivity index (χ0n) is 13.8. The Balaban J connectivity index is 1.99. The Morgan fingerprint density at radius 1 is 1.30 bits per heavy atom. The first-order chi connectivity index (χ1) is 10.8. The number of hydrogen-bond acceptors (Lipinski definition) is 4. The molecule has 1 saturated heterocycles. The predicted octanol–water partition coefficient (Wildman–Crippen LogP) is 1.48. The fourth-order valence-corrected chi connectivity index (χ4v) is 4.00. The van der Waals surface area contributed by atoms with Crippen LogP contribution in [0.25, 0.3) is 0 Å². The van der Waals surface area contributed by atoms with Crippen molar-refractivity contribution < 1.29 is 17.9 Å². The van der Waals surface area contributed by atoms with Gasteiger partial charge in [0.25, 0.3) is 0 Å². The topological polar surface area (TPSA) is 75.7 Å². The van der Waals surface area contributed by atoms with Crippen molar-refractivity contribution in [1.29, 1.82) is 0 Å². The molecule has 1 aromatic rings. The maximum Gasteiger partial charge on any atom is 0.241 e. The highest BCUT2D eigenvalue weighted by Crippen LogP contribution is 2.21. The lowest BCUT2D eigenvalue weighted by atomic mass is 9.92. The average Bonchev–Trinajstić information content (AvgIpc) is 2.51. The lowest BCUT2D eigenvalue weighted by Crippen LogP contribution is -2.46. The van der Waals surface area contributed by atoms with Crippen LogP contribution in [0, 0.1) is 11.8 Å². The molecule has 1 aliphatic rings. The molecule has 1 fully saturated rings. The molecular formula is C16H24N2O4S. The molecule has 0 aliphatic carbocycles. The number of amides is 1. The summed E-state index contributed by atoms with van der Waals surface area (Å²) in [6.45, 7) is 5.36. The monoisotopic (exact) mass is 340 g/mol. The van der Waals surface area contributed by atoms with Crippen LogP contribution in [0.1, 0.15) is 20.3 Å². The van der Waals surface area contributed by atoms with Gasteiger partial charge < -0.3 is 9.64 Å². The SMILES string of the molecule is COc1cccc(S(=O)(=O)NCC(=O)N2CC(C)CC(C)C2)c1. The molecule has 0 saturated carbocycles. The zero-order chi connectivity index (χ0) is 17.0. The van der Waals surface area contributed by atoms with Crippen LogP contribution in [0.15, 0.2) is 29.2 Å². The third-order valence-electron chi connectivity index (χ3n) is 3.99. The number of carbonyl (C=O) groups is 1. The Bertz CT molecular complexity index is 650.